The van der Waals surface area contributed by atoms with Crippen LogP contribution >= 0.6 is 0 Å². The number of rotatable bonds is 3. The summed E-state index contributed by atoms with van der Waals surface area (Å²) >= 11 is 0. The number of hydrogen-bond donors (Lipinski definition) is 1. The highest BCUT2D eigenvalue weighted by Gasteiger charge is 2.39. The van der Waals surface area contributed by atoms with Crippen LogP contribution in [0.25, 0.3) is 0 Å². The normalized spacial score (nSPS) is 20.3. The Bertz CT molecular complexity index is 1030. The SMILES string of the molecule is Cc1ccccc1CNC(=O)[C@@H]1CCCN1C1=NS(=O)(=O)c2ccccc21. The molecule has 1 amide bonds. The Morgan fingerprint density at radius 2 is 1.93 bits per heavy atom. The zero-order valence-corrected chi connectivity index (χ0v) is 15.9. The molecular weight excluding hydrogens is 362 g/mol. The Morgan fingerprint density at radius 3 is 2.74 bits per heavy atom. The number of hydrogen-bond acceptors (Lipinski definition) is 4. The third kappa shape index (κ3) is 3.23. The second kappa shape index (κ2) is 6.81. The number of likely N-dealkylation sites (tertiary alicyclic amines) is 1. The molecule has 2 aliphatic rings. The maximum Gasteiger partial charge on any atom is 0.285 e. The molecule has 2 heterocycles. The van der Waals surface area contributed by atoms with Gasteiger partial charge in [0.05, 0.1) is 0 Å². The predicted octanol–water partition coefficient (Wildman–Crippen LogP) is 2.22. The number of benzene rings is 2. The van der Waals surface area contributed by atoms with Gasteiger partial charge in [0, 0.05) is 18.7 Å². The van der Waals surface area contributed by atoms with E-state index in [4.69, 9.17) is 0 Å². The van der Waals surface area contributed by atoms with Crippen LogP contribution in [0.1, 0.15) is 29.5 Å². The van der Waals surface area contributed by atoms with Gasteiger partial charge in [-0.3, -0.25) is 4.79 Å². The molecule has 0 aromatic heterocycles. The third-order valence-electron chi connectivity index (χ3n) is 5.15. The van der Waals surface area contributed by atoms with Crippen LogP contribution in [0, 0.1) is 6.92 Å². The second-order valence-electron chi connectivity index (χ2n) is 6.88. The average molecular weight is 383 g/mol. The minimum atomic E-state index is -3.69. The number of nitrogens with one attached hydrogen (secondary N) is 1. The average Bonchev–Trinajstić information content (AvgIpc) is 3.24. The molecule has 0 spiro atoms. The van der Waals surface area contributed by atoms with Crippen LogP contribution in [0.5, 0.6) is 0 Å². The van der Waals surface area contributed by atoms with E-state index < -0.39 is 16.1 Å². The number of carbonyl (C=O) groups excluding carboxylic acids is 1. The first kappa shape index (κ1) is 17.7. The van der Waals surface area contributed by atoms with Crippen molar-refractivity contribution in [3.05, 3.63) is 65.2 Å². The van der Waals surface area contributed by atoms with Crippen LogP contribution in [-0.2, 0) is 21.4 Å². The van der Waals surface area contributed by atoms with E-state index in [-0.39, 0.29) is 10.8 Å². The zero-order chi connectivity index (χ0) is 19.0. The van der Waals surface area contributed by atoms with Gasteiger partial charge < -0.3 is 10.2 Å². The standard InChI is InChI=1S/C20H21N3O3S/c1-14-7-2-3-8-15(14)13-21-20(24)17-10-6-12-23(17)19-16-9-4-5-11-18(16)27(25,26)22-19/h2-5,7-9,11,17H,6,10,12-13H2,1H3,(H,21,24)/t17-/m0/s1. The van der Waals surface area contributed by atoms with E-state index in [2.05, 4.69) is 9.71 Å². The minimum Gasteiger partial charge on any atom is -0.350 e. The molecule has 1 N–H and O–H groups in total. The smallest absolute Gasteiger partial charge is 0.285 e. The monoisotopic (exact) mass is 383 g/mol. The number of amidine groups is 1. The van der Waals surface area contributed by atoms with Crippen molar-refractivity contribution in [1.82, 2.24) is 10.2 Å². The fourth-order valence-electron chi connectivity index (χ4n) is 3.70. The highest BCUT2D eigenvalue weighted by molar-refractivity contribution is 7.90. The Hall–Kier alpha value is -2.67. The van der Waals surface area contributed by atoms with Gasteiger partial charge in [-0.15, -0.1) is 4.40 Å². The summed E-state index contributed by atoms with van der Waals surface area (Å²) in [6.07, 6.45) is 1.50. The van der Waals surface area contributed by atoms with Gasteiger partial charge in [-0.05, 0) is 43.0 Å². The minimum absolute atomic E-state index is 0.0970. The quantitative estimate of drug-likeness (QED) is 0.882. The van der Waals surface area contributed by atoms with Crippen molar-refractivity contribution in [3.8, 4) is 0 Å². The maximum absolute atomic E-state index is 12.8. The van der Waals surface area contributed by atoms with Gasteiger partial charge in [0.15, 0.2) is 5.84 Å². The van der Waals surface area contributed by atoms with Gasteiger partial charge >= 0.3 is 0 Å². The lowest BCUT2D eigenvalue weighted by Crippen LogP contribution is -2.45. The van der Waals surface area contributed by atoms with Crippen LogP contribution < -0.4 is 5.32 Å². The summed E-state index contributed by atoms with van der Waals surface area (Å²) in [7, 11) is -3.69. The molecule has 27 heavy (non-hydrogen) atoms. The molecule has 2 aromatic carbocycles. The van der Waals surface area contributed by atoms with Crippen molar-refractivity contribution in [2.24, 2.45) is 4.40 Å². The number of carbonyl (C=O) groups is 1. The van der Waals surface area contributed by atoms with Crippen LogP contribution in [-0.4, -0.2) is 37.6 Å². The van der Waals surface area contributed by atoms with Crippen molar-refractivity contribution in [1.29, 1.82) is 0 Å². The third-order valence-corrected chi connectivity index (χ3v) is 6.48. The molecule has 6 nitrogen and oxygen atoms in total. The lowest BCUT2D eigenvalue weighted by atomic mass is 10.1. The molecule has 1 saturated heterocycles. The summed E-state index contributed by atoms with van der Waals surface area (Å²) in [5, 5.41) is 2.99. The van der Waals surface area contributed by atoms with Crippen molar-refractivity contribution >= 4 is 21.8 Å². The molecule has 0 bridgehead atoms. The van der Waals surface area contributed by atoms with E-state index in [0.29, 0.717) is 30.9 Å². The summed E-state index contributed by atoms with van der Waals surface area (Å²) in [6.45, 7) is 3.08. The summed E-state index contributed by atoms with van der Waals surface area (Å²) in [5.74, 6) is 0.291. The lowest BCUT2D eigenvalue weighted by Gasteiger charge is -2.25. The molecule has 1 atom stereocenters. The van der Waals surface area contributed by atoms with Crippen molar-refractivity contribution in [3.63, 3.8) is 0 Å². The van der Waals surface area contributed by atoms with Gasteiger partial charge in [-0.25, -0.2) is 0 Å². The molecule has 0 radical (unpaired) electrons. The van der Waals surface area contributed by atoms with E-state index in [1.54, 1.807) is 24.3 Å². The first-order chi connectivity index (χ1) is 13.0. The van der Waals surface area contributed by atoms with Crippen LogP contribution in [0.4, 0.5) is 0 Å². The molecule has 2 aliphatic heterocycles. The Morgan fingerprint density at radius 1 is 1.19 bits per heavy atom. The molecule has 7 heteroatoms. The predicted molar refractivity (Wildman–Crippen MR) is 103 cm³/mol. The number of amides is 1. The van der Waals surface area contributed by atoms with E-state index in [0.717, 1.165) is 17.5 Å². The van der Waals surface area contributed by atoms with Crippen molar-refractivity contribution in [2.45, 2.75) is 37.2 Å². The van der Waals surface area contributed by atoms with Crippen molar-refractivity contribution < 1.29 is 13.2 Å². The van der Waals surface area contributed by atoms with Gasteiger partial charge in [0.1, 0.15) is 10.9 Å². The molecular formula is C20H21N3O3S. The number of sulfonamides is 1. The van der Waals surface area contributed by atoms with Crippen LogP contribution in [0.2, 0.25) is 0 Å². The summed E-state index contributed by atoms with van der Waals surface area (Å²) in [4.78, 5) is 14.9. The van der Waals surface area contributed by atoms with Crippen LogP contribution in [0.3, 0.4) is 0 Å². The van der Waals surface area contributed by atoms with Gasteiger partial charge in [-0.2, -0.15) is 8.42 Å². The molecule has 1 fully saturated rings. The van der Waals surface area contributed by atoms with Gasteiger partial charge in [0.25, 0.3) is 10.0 Å². The second-order valence-corrected chi connectivity index (χ2v) is 8.45. The highest BCUT2D eigenvalue weighted by Crippen LogP contribution is 2.31. The number of fused-ring (bicyclic) bond motifs is 1. The Kier molecular flexibility index (Phi) is 4.47. The molecule has 0 unspecified atom stereocenters. The maximum atomic E-state index is 12.8. The van der Waals surface area contributed by atoms with E-state index >= 15 is 0 Å². The molecule has 4 rings (SSSR count). The lowest BCUT2D eigenvalue weighted by molar-refractivity contribution is -0.124. The first-order valence-corrected chi connectivity index (χ1v) is 10.4. The van der Waals surface area contributed by atoms with E-state index in [9.17, 15) is 13.2 Å². The van der Waals surface area contributed by atoms with Gasteiger partial charge in [-0.1, -0.05) is 36.4 Å². The topological polar surface area (TPSA) is 78.8 Å². The Labute approximate surface area is 159 Å². The Balaban J connectivity index is 1.55. The largest absolute Gasteiger partial charge is 0.350 e. The number of aryl methyl sites for hydroxylation is 1. The molecule has 0 saturated carbocycles. The highest BCUT2D eigenvalue weighted by atomic mass is 32.2. The van der Waals surface area contributed by atoms with E-state index in [1.165, 1.54) is 0 Å². The zero-order valence-electron chi connectivity index (χ0n) is 15.1. The number of nitrogens with zero attached hydrogens (tertiary/aromatic N) is 2. The molecule has 2 aromatic rings. The summed E-state index contributed by atoms with van der Waals surface area (Å²) in [5.41, 5.74) is 2.78. The van der Waals surface area contributed by atoms with Gasteiger partial charge in [0.2, 0.25) is 5.91 Å². The molecule has 140 valence electrons. The summed E-state index contributed by atoms with van der Waals surface area (Å²) in [6, 6.07) is 14.3. The molecule has 0 aliphatic carbocycles. The van der Waals surface area contributed by atoms with Crippen LogP contribution in [0.15, 0.2) is 57.8 Å². The van der Waals surface area contributed by atoms with Crippen molar-refractivity contribution in [2.75, 3.05) is 6.54 Å². The fourth-order valence-corrected chi connectivity index (χ4v) is 4.91. The van der Waals surface area contributed by atoms with E-state index in [1.807, 2.05) is 36.1 Å². The first-order valence-electron chi connectivity index (χ1n) is 9.00. The fraction of sp³-hybridized carbons (Fsp3) is 0.300. The summed E-state index contributed by atoms with van der Waals surface area (Å²) < 4.78 is 28.6.